The summed E-state index contributed by atoms with van der Waals surface area (Å²) in [6, 6.07) is 0.225. The predicted octanol–water partition coefficient (Wildman–Crippen LogP) is 1.90. The molecule has 0 aliphatic carbocycles. The largest absolute Gasteiger partial charge is 0.379 e. The van der Waals surface area contributed by atoms with Crippen LogP contribution in [0.2, 0.25) is 0 Å². The molecule has 0 saturated carbocycles. The van der Waals surface area contributed by atoms with Gasteiger partial charge in [-0.15, -0.1) is 0 Å². The van der Waals surface area contributed by atoms with Crippen molar-refractivity contribution in [1.82, 2.24) is 15.5 Å². The van der Waals surface area contributed by atoms with Crippen LogP contribution < -0.4 is 5.32 Å². The second kappa shape index (κ2) is 6.20. The molecule has 114 valence electrons. The maximum atomic E-state index is 5.79. The minimum Gasteiger partial charge on any atom is -0.379 e. The molecule has 0 spiro atoms. The van der Waals surface area contributed by atoms with Gasteiger partial charge in [-0.3, -0.25) is 0 Å². The third kappa shape index (κ3) is 3.19. The molecule has 3 unspecified atom stereocenters. The molecule has 0 aromatic carbocycles. The van der Waals surface area contributed by atoms with E-state index >= 15 is 0 Å². The number of nitrogens with one attached hydrogen (secondary N) is 1. The first-order valence-electron chi connectivity index (χ1n) is 7.17. The van der Waals surface area contributed by atoms with Gasteiger partial charge in [-0.05, 0) is 19.4 Å². The van der Waals surface area contributed by atoms with Crippen LogP contribution in [0.1, 0.15) is 51.4 Å². The van der Waals surface area contributed by atoms with Crippen LogP contribution in [-0.2, 0) is 9.47 Å². The summed E-state index contributed by atoms with van der Waals surface area (Å²) in [5.41, 5.74) is -0.0776. The van der Waals surface area contributed by atoms with E-state index in [0.717, 1.165) is 0 Å². The highest BCUT2D eigenvalue weighted by Gasteiger charge is 2.36. The molecule has 20 heavy (non-hydrogen) atoms. The lowest BCUT2D eigenvalue weighted by atomic mass is 9.88. The molecule has 3 atom stereocenters. The van der Waals surface area contributed by atoms with E-state index in [-0.39, 0.29) is 23.5 Å². The standard InChI is InChI=1S/C14H25N3O3/c1-6-19-11(14(2,3)4)12-16-13(20-17-12)9-7-18-8-10(9)15-5/h9-11,15H,6-8H2,1-5H3. The van der Waals surface area contributed by atoms with Gasteiger partial charge in [0.2, 0.25) is 11.7 Å². The van der Waals surface area contributed by atoms with E-state index in [1.54, 1.807) is 0 Å². The number of hydrogen-bond acceptors (Lipinski definition) is 6. The maximum absolute atomic E-state index is 5.79. The molecule has 1 aliphatic heterocycles. The summed E-state index contributed by atoms with van der Waals surface area (Å²) < 4.78 is 16.7. The topological polar surface area (TPSA) is 69.4 Å². The highest BCUT2D eigenvalue weighted by atomic mass is 16.5. The van der Waals surface area contributed by atoms with Crippen LogP contribution in [0.4, 0.5) is 0 Å². The lowest BCUT2D eigenvalue weighted by Crippen LogP contribution is -2.31. The van der Waals surface area contributed by atoms with Crippen molar-refractivity contribution in [2.75, 3.05) is 26.9 Å². The van der Waals surface area contributed by atoms with Crippen molar-refractivity contribution in [3.8, 4) is 0 Å². The Bertz CT molecular complexity index is 428. The molecule has 1 saturated heterocycles. The Hall–Kier alpha value is -0.980. The van der Waals surface area contributed by atoms with Crippen LogP contribution in [0, 0.1) is 5.41 Å². The van der Waals surface area contributed by atoms with Crippen LogP contribution in [0.3, 0.4) is 0 Å². The Labute approximate surface area is 120 Å². The van der Waals surface area contributed by atoms with Crippen molar-refractivity contribution in [2.45, 2.75) is 45.8 Å². The van der Waals surface area contributed by atoms with Gasteiger partial charge in [-0.2, -0.15) is 4.98 Å². The SMILES string of the molecule is CCOC(c1noc(C2COCC2NC)n1)C(C)(C)C. The van der Waals surface area contributed by atoms with E-state index in [0.29, 0.717) is 31.5 Å². The molecule has 1 N–H and O–H groups in total. The maximum Gasteiger partial charge on any atom is 0.233 e. The normalized spacial score (nSPS) is 25.1. The van der Waals surface area contributed by atoms with Gasteiger partial charge < -0.3 is 19.3 Å². The second-order valence-corrected chi connectivity index (χ2v) is 6.23. The monoisotopic (exact) mass is 283 g/mol. The molecular weight excluding hydrogens is 258 g/mol. The number of ether oxygens (including phenoxy) is 2. The van der Waals surface area contributed by atoms with Gasteiger partial charge in [-0.1, -0.05) is 25.9 Å². The summed E-state index contributed by atoms with van der Waals surface area (Å²) in [6.45, 7) is 10.2. The minimum absolute atomic E-state index is 0.0776. The number of likely N-dealkylation sites (N-methyl/N-ethyl adjacent to an activating group) is 1. The Kier molecular flexibility index (Phi) is 4.78. The van der Waals surface area contributed by atoms with Gasteiger partial charge >= 0.3 is 0 Å². The molecule has 6 nitrogen and oxygen atoms in total. The van der Waals surface area contributed by atoms with Crippen molar-refractivity contribution in [3.63, 3.8) is 0 Å². The number of rotatable bonds is 5. The lowest BCUT2D eigenvalue weighted by molar-refractivity contribution is -0.0203. The van der Waals surface area contributed by atoms with Gasteiger partial charge in [0, 0.05) is 12.6 Å². The Balaban J connectivity index is 2.18. The average molecular weight is 283 g/mol. The highest BCUT2D eigenvalue weighted by molar-refractivity contribution is 5.04. The molecule has 1 aromatic heterocycles. The number of hydrogen-bond donors (Lipinski definition) is 1. The van der Waals surface area contributed by atoms with Crippen molar-refractivity contribution in [1.29, 1.82) is 0 Å². The third-order valence-corrected chi connectivity index (χ3v) is 3.58. The van der Waals surface area contributed by atoms with Crippen molar-refractivity contribution in [3.05, 3.63) is 11.7 Å². The first-order valence-corrected chi connectivity index (χ1v) is 7.17. The van der Waals surface area contributed by atoms with Crippen LogP contribution in [0.5, 0.6) is 0 Å². The van der Waals surface area contributed by atoms with Gasteiger partial charge in [0.25, 0.3) is 0 Å². The van der Waals surface area contributed by atoms with Crippen LogP contribution >= 0.6 is 0 Å². The Morgan fingerprint density at radius 3 is 2.75 bits per heavy atom. The third-order valence-electron chi connectivity index (χ3n) is 3.58. The van der Waals surface area contributed by atoms with Crippen molar-refractivity contribution in [2.24, 2.45) is 5.41 Å². The summed E-state index contributed by atoms with van der Waals surface area (Å²) in [5, 5.41) is 7.34. The van der Waals surface area contributed by atoms with E-state index in [1.807, 2.05) is 14.0 Å². The van der Waals surface area contributed by atoms with E-state index in [4.69, 9.17) is 14.0 Å². The fourth-order valence-electron chi connectivity index (χ4n) is 2.47. The van der Waals surface area contributed by atoms with Crippen molar-refractivity contribution < 1.29 is 14.0 Å². The predicted molar refractivity (Wildman–Crippen MR) is 74.5 cm³/mol. The smallest absolute Gasteiger partial charge is 0.233 e. The number of nitrogens with zero attached hydrogens (tertiary/aromatic N) is 2. The molecule has 1 fully saturated rings. The van der Waals surface area contributed by atoms with E-state index < -0.39 is 0 Å². The average Bonchev–Trinajstić information content (AvgIpc) is 3.02. The summed E-state index contributed by atoms with van der Waals surface area (Å²) in [6.07, 6.45) is -0.166. The molecule has 1 aromatic rings. The zero-order chi connectivity index (χ0) is 14.8. The second-order valence-electron chi connectivity index (χ2n) is 6.23. The fraction of sp³-hybridized carbons (Fsp3) is 0.857. The number of aromatic nitrogens is 2. The highest BCUT2D eigenvalue weighted by Crippen LogP contribution is 2.35. The van der Waals surface area contributed by atoms with Gasteiger partial charge in [-0.25, -0.2) is 0 Å². The zero-order valence-corrected chi connectivity index (χ0v) is 13.0. The van der Waals surface area contributed by atoms with Crippen LogP contribution in [-0.4, -0.2) is 43.1 Å². The van der Waals surface area contributed by atoms with E-state index in [1.165, 1.54) is 0 Å². The summed E-state index contributed by atoms with van der Waals surface area (Å²) >= 11 is 0. The molecule has 2 rings (SSSR count). The van der Waals surface area contributed by atoms with Crippen molar-refractivity contribution >= 4 is 0 Å². The van der Waals surface area contributed by atoms with Gasteiger partial charge in [0.05, 0.1) is 19.1 Å². The molecule has 0 bridgehead atoms. The Morgan fingerprint density at radius 1 is 1.40 bits per heavy atom. The molecule has 6 heteroatoms. The summed E-state index contributed by atoms with van der Waals surface area (Å²) in [7, 11) is 1.92. The minimum atomic E-state index is -0.166. The molecule has 1 aliphatic rings. The molecule has 0 amide bonds. The lowest BCUT2D eigenvalue weighted by Gasteiger charge is -2.27. The van der Waals surface area contributed by atoms with Crippen LogP contribution in [0.15, 0.2) is 4.52 Å². The van der Waals surface area contributed by atoms with Crippen LogP contribution in [0.25, 0.3) is 0 Å². The molecule has 0 radical (unpaired) electrons. The van der Waals surface area contributed by atoms with Gasteiger partial charge in [0.1, 0.15) is 6.10 Å². The zero-order valence-electron chi connectivity index (χ0n) is 13.0. The summed E-state index contributed by atoms with van der Waals surface area (Å²) in [4.78, 5) is 4.55. The Morgan fingerprint density at radius 2 is 2.15 bits per heavy atom. The van der Waals surface area contributed by atoms with Gasteiger partial charge in [0.15, 0.2) is 0 Å². The van der Waals surface area contributed by atoms with E-state index in [9.17, 15) is 0 Å². The molecular formula is C14H25N3O3. The first-order chi connectivity index (χ1) is 9.47. The first kappa shape index (κ1) is 15.4. The summed E-state index contributed by atoms with van der Waals surface area (Å²) in [5.74, 6) is 1.37. The van der Waals surface area contributed by atoms with E-state index in [2.05, 4.69) is 36.2 Å². The quantitative estimate of drug-likeness (QED) is 0.890. The molecule has 2 heterocycles. The fourth-order valence-corrected chi connectivity index (χ4v) is 2.47.